The summed E-state index contributed by atoms with van der Waals surface area (Å²) >= 11 is 0. The summed E-state index contributed by atoms with van der Waals surface area (Å²) in [6, 6.07) is 40.5. The molecule has 248 valence electrons. The van der Waals surface area contributed by atoms with E-state index in [0.29, 0.717) is 11.1 Å². The predicted molar refractivity (Wildman–Crippen MR) is 204 cm³/mol. The monoisotopic (exact) mass is 666 g/mol. The zero-order chi connectivity index (χ0) is 33.2. The first-order valence-corrected chi connectivity index (χ1v) is 21.3. The van der Waals surface area contributed by atoms with Crippen LogP contribution >= 0.6 is 6.83 Å². The van der Waals surface area contributed by atoms with Crippen LogP contribution in [0.25, 0.3) is 10.8 Å². The van der Waals surface area contributed by atoms with E-state index in [1.165, 1.54) is 6.42 Å². The van der Waals surface area contributed by atoms with Crippen LogP contribution in [0, 0.1) is 0 Å². The molecule has 0 unspecified atom stereocenters. The van der Waals surface area contributed by atoms with Crippen LogP contribution in [0.3, 0.4) is 0 Å². The van der Waals surface area contributed by atoms with Crippen LogP contribution in [0.15, 0.2) is 126 Å². The Kier molecular flexibility index (Phi) is 11.7. The molecular weight excluding hydrogens is 616 g/mol. The SMILES string of the molecule is CCCCCCc1cc2ccccc2c(S(=O)(=O)OP(CC)(c2ccccc2)(c2ccccc2)c2ccccc2)c1CCCCCC. The topological polar surface area (TPSA) is 43.4 Å². The second kappa shape index (κ2) is 15.7. The van der Waals surface area contributed by atoms with Crippen molar-refractivity contribution in [3.05, 3.63) is 132 Å². The van der Waals surface area contributed by atoms with Crippen molar-refractivity contribution in [2.75, 3.05) is 6.16 Å². The molecule has 0 amide bonds. The molecule has 0 radical (unpaired) electrons. The summed E-state index contributed by atoms with van der Waals surface area (Å²) < 4.78 is 38.5. The van der Waals surface area contributed by atoms with E-state index in [9.17, 15) is 0 Å². The summed E-state index contributed by atoms with van der Waals surface area (Å²) in [4.78, 5) is 0.364. The minimum atomic E-state index is -4.33. The molecule has 0 saturated carbocycles. The number of rotatable bonds is 17. The fourth-order valence-corrected chi connectivity index (χ4v) is 16.2. The van der Waals surface area contributed by atoms with Gasteiger partial charge in [0.15, 0.2) is 0 Å². The number of unbranched alkanes of at least 4 members (excludes halogenated alkanes) is 6. The van der Waals surface area contributed by atoms with Crippen molar-refractivity contribution in [3.8, 4) is 0 Å². The van der Waals surface area contributed by atoms with Gasteiger partial charge < -0.3 is 0 Å². The van der Waals surface area contributed by atoms with Crippen LogP contribution in [0.2, 0.25) is 0 Å². The molecule has 0 atom stereocenters. The van der Waals surface area contributed by atoms with E-state index >= 15 is 8.42 Å². The van der Waals surface area contributed by atoms with Gasteiger partial charge in [0, 0.05) is 0 Å². The second-order valence-electron chi connectivity index (χ2n) is 12.8. The summed E-state index contributed by atoms with van der Waals surface area (Å²) in [5, 5.41) is 4.43. The van der Waals surface area contributed by atoms with Crippen LogP contribution in [0.4, 0.5) is 0 Å². The first-order valence-electron chi connectivity index (χ1n) is 17.6. The number of hydrogen-bond acceptors (Lipinski definition) is 3. The van der Waals surface area contributed by atoms with Crippen LogP contribution in [-0.2, 0) is 26.9 Å². The van der Waals surface area contributed by atoms with Gasteiger partial charge in [-0.2, -0.15) is 0 Å². The van der Waals surface area contributed by atoms with Gasteiger partial charge in [-0.15, -0.1) is 0 Å². The summed E-state index contributed by atoms with van der Waals surface area (Å²) in [5.41, 5.74) is 2.09. The average molecular weight is 667 g/mol. The van der Waals surface area contributed by atoms with Gasteiger partial charge >= 0.3 is 285 Å². The number of fused-ring (bicyclic) bond motifs is 1. The molecule has 5 aromatic rings. The molecule has 0 fully saturated rings. The van der Waals surface area contributed by atoms with Crippen molar-refractivity contribution in [1.29, 1.82) is 0 Å². The maximum atomic E-state index is 15.6. The Morgan fingerprint density at radius 2 is 1.02 bits per heavy atom. The Labute approximate surface area is 283 Å². The molecule has 47 heavy (non-hydrogen) atoms. The molecule has 0 aliphatic rings. The summed E-state index contributed by atoms with van der Waals surface area (Å²) in [6.45, 7) is 2.43. The van der Waals surface area contributed by atoms with Crippen LogP contribution in [0.1, 0.15) is 83.3 Å². The molecule has 5 aromatic carbocycles. The van der Waals surface area contributed by atoms with Crippen LogP contribution in [0.5, 0.6) is 0 Å². The summed E-state index contributed by atoms with van der Waals surface area (Å²) in [5.74, 6) is 0. The van der Waals surface area contributed by atoms with Crippen molar-refractivity contribution >= 4 is 43.6 Å². The van der Waals surface area contributed by atoms with Crippen LogP contribution < -0.4 is 15.9 Å². The second-order valence-corrected chi connectivity index (χ2v) is 19.3. The molecule has 0 aliphatic heterocycles. The van der Waals surface area contributed by atoms with Gasteiger partial charge in [-0.3, -0.25) is 0 Å². The van der Waals surface area contributed by atoms with Crippen molar-refractivity contribution < 1.29 is 12.4 Å². The maximum absolute atomic E-state index is 15.6. The van der Waals surface area contributed by atoms with E-state index < -0.39 is 16.9 Å². The first kappa shape index (κ1) is 35.0. The number of hydrogen-bond donors (Lipinski definition) is 0. The molecule has 5 rings (SSSR count). The molecule has 5 heteroatoms. The quantitative estimate of drug-likeness (QED) is 0.0733. The molecule has 0 saturated heterocycles. The van der Waals surface area contributed by atoms with Crippen molar-refractivity contribution in [2.24, 2.45) is 0 Å². The zero-order valence-electron chi connectivity index (χ0n) is 28.4. The molecule has 0 spiro atoms. The van der Waals surface area contributed by atoms with Gasteiger partial charge in [0.1, 0.15) is 0 Å². The third kappa shape index (κ3) is 6.98. The Bertz CT molecular complexity index is 1740. The van der Waals surface area contributed by atoms with E-state index in [1.807, 2.05) is 72.8 Å². The average Bonchev–Trinajstić information content (AvgIpc) is 3.12. The van der Waals surface area contributed by atoms with E-state index in [1.54, 1.807) is 0 Å². The molecule has 3 nitrogen and oxygen atoms in total. The van der Waals surface area contributed by atoms with Crippen molar-refractivity contribution in [3.63, 3.8) is 0 Å². The number of benzene rings is 5. The minimum absolute atomic E-state index is 0.364. The Balaban J connectivity index is 1.83. The third-order valence-electron chi connectivity index (χ3n) is 9.80. The van der Waals surface area contributed by atoms with Gasteiger partial charge in [-0.05, 0) is 0 Å². The van der Waals surface area contributed by atoms with Crippen molar-refractivity contribution in [1.82, 2.24) is 0 Å². The van der Waals surface area contributed by atoms with Gasteiger partial charge in [0.2, 0.25) is 0 Å². The van der Waals surface area contributed by atoms with Gasteiger partial charge in [-0.1, -0.05) is 0 Å². The van der Waals surface area contributed by atoms with Gasteiger partial charge in [0.25, 0.3) is 0 Å². The molecule has 0 aliphatic carbocycles. The molecular formula is C42H51O3PS. The first-order chi connectivity index (χ1) is 22.9. The summed E-state index contributed by atoms with van der Waals surface area (Å²) in [6.07, 6.45) is 10.9. The number of aryl methyl sites for hydroxylation is 1. The van der Waals surface area contributed by atoms with E-state index in [2.05, 4.69) is 69.3 Å². The van der Waals surface area contributed by atoms with Gasteiger partial charge in [-0.25, -0.2) is 0 Å². The molecule has 0 bridgehead atoms. The Morgan fingerprint density at radius 3 is 1.51 bits per heavy atom. The summed E-state index contributed by atoms with van der Waals surface area (Å²) in [7, 11) is -4.33. The van der Waals surface area contributed by atoms with E-state index in [4.69, 9.17) is 3.97 Å². The fraction of sp³-hybridized carbons (Fsp3) is 0.333. The Morgan fingerprint density at radius 1 is 0.553 bits per heavy atom. The van der Waals surface area contributed by atoms with Gasteiger partial charge in [0.05, 0.1) is 0 Å². The normalized spacial score (nSPS) is 13.0. The standard InChI is InChI=1S/C42H51O3PS/c1-4-7-9-14-24-35-34-36-25-22-23-33-41(36)42(40(35)32-21-10-8-5-2)47(43,44)45-46(6-3,37-26-15-11-16-27-37,38-28-17-12-18-29-38)39-30-19-13-20-31-39/h11-13,15-20,22-23,25-31,33-34H,4-10,14,21,24,32H2,1-3H3. The van der Waals surface area contributed by atoms with E-state index in [0.717, 1.165) is 95.6 Å². The molecule has 0 heterocycles. The third-order valence-corrected chi connectivity index (χ3v) is 18.2. The molecule has 0 aromatic heterocycles. The molecule has 0 N–H and O–H groups in total. The zero-order valence-corrected chi connectivity index (χ0v) is 30.1. The predicted octanol–water partition coefficient (Wildman–Crippen LogP) is 10.3. The van der Waals surface area contributed by atoms with Crippen molar-refractivity contribution in [2.45, 2.75) is 89.9 Å². The van der Waals surface area contributed by atoms with E-state index in [-0.39, 0.29) is 0 Å². The fourth-order valence-electron chi connectivity index (χ4n) is 7.33. The van der Waals surface area contributed by atoms with Crippen LogP contribution in [-0.4, -0.2) is 14.6 Å². The Hall–Kier alpha value is -3.30.